The van der Waals surface area contributed by atoms with Gasteiger partial charge in [-0.3, -0.25) is 10.1 Å². The highest BCUT2D eigenvalue weighted by molar-refractivity contribution is 5.36. The zero-order valence-corrected chi connectivity index (χ0v) is 27.0. The normalized spacial score (nSPS) is 20.4. The maximum Gasteiger partial charge on any atom is 0.269 e. The first-order valence-corrected chi connectivity index (χ1v) is 16.3. The SMILES string of the molecule is O=[N+]([O-])c1ccc(O[C@H]2O[C@H](COCc3ccccc3)[C@H](OCc3ccccc3)[C@H](OCc3ccccc3)[C@H]2OCc2ccccc2)cc1. The van der Waals surface area contributed by atoms with Crippen LogP contribution in [0.15, 0.2) is 146 Å². The molecular formula is C40H39NO8. The molecule has 0 aromatic heterocycles. The molecule has 49 heavy (non-hydrogen) atoms. The van der Waals surface area contributed by atoms with E-state index in [4.69, 9.17) is 28.4 Å². The molecule has 252 valence electrons. The summed E-state index contributed by atoms with van der Waals surface area (Å²) in [6.07, 6.45) is -3.61. The summed E-state index contributed by atoms with van der Waals surface area (Å²) in [6, 6.07) is 45.5. The molecule has 1 saturated heterocycles. The maximum atomic E-state index is 11.3. The summed E-state index contributed by atoms with van der Waals surface area (Å²) in [5.41, 5.74) is 3.94. The second-order valence-corrected chi connectivity index (χ2v) is 11.7. The van der Waals surface area contributed by atoms with Crippen LogP contribution in [0.25, 0.3) is 0 Å². The summed E-state index contributed by atoms with van der Waals surface area (Å²) >= 11 is 0. The molecule has 9 heteroatoms. The van der Waals surface area contributed by atoms with E-state index in [9.17, 15) is 10.1 Å². The fourth-order valence-corrected chi connectivity index (χ4v) is 5.62. The number of non-ortho nitro benzene ring substituents is 1. The van der Waals surface area contributed by atoms with Crippen molar-refractivity contribution in [1.29, 1.82) is 0 Å². The topological polar surface area (TPSA) is 98.5 Å². The number of ether oxygens (including phenoxy) is 6. The predicted molar refractivity (Wildman–Crippen MR) is 184 cm³/mol. The van der Waals surface area contributed by atoms with Gasteiger partial charge in [-0.25, -0.2) is 0 Å². The average molecular weight is 662 g/mol. The van der Waals surface area contributed by atoms with Crippen LogP contribution in [-0.2, 0) is 50.1 Å². The molecule has 0 unspecified atom stereocenters. The van der Waals surface area contributed by atoms with Gasteiger partial charge in [0.25, 0.3) is 5.69 Å². The minimum atomic E-state index is -0.965. The molecule has 6 rings (SSSR count). The lowest BCUT2D eigenvalue weighted by molar-refractivity contribution is -0.384. The Kier molecular flexibility index (Phi) is 12.1. The summed E-state index contributed by atoms with van der Waals surface area (Å²) < 4.78 is 39.3. The molecule has 1 heterocycles. The van der Waals surface area contributed by atoms with E-state index in [-0.39, 0.29) is 18.9 Å². The predicted octanol–water partition coefficient (Wildman–Crippen LogP) is 7.67. The van der Waals surface area contributed by atoms with Crippen molar-refractivity contribution in [2.75, 3.05) is 6.61 Å². The van der Waals surface area contributed by atoms with Crippen LogP contribution in [0.1, 0.15) is 22.3 Å². The Morgan fingerprint density at radius 1 is 0.531 bits per heavy atom. The van der Waals surface area contributed by atoms with Crippen LogP contribution >= 0.6 is 0 Å². The molecule has 0 N–H and O–H groups in total. The molecular weight excluding hydrogens is 622 g/mol. The minimum absolute atomic E-state index is 0.0422. The molecule has 5 aromatic rings. The van der Waals surface area contributed by atoms with Crippen molar-refractivity contribution >= 4 is 5.69 Å². The Bertz CT molecular complexity index is 1690. The molecule has 5 atom stereocenters. The lowest BCUT2D eigenvalue weighted by Crippen LogP contribution is -2.62. The highest BCUT2D eigenvalue weighted by Crippen LogP contribution is 2.33. The van der Waals surface area contributed by atoms with Crippen molar-refractivity contribution < 1.29 is 33.3 Å². The number of rotatable bonds is 16. The van der Waals surface area contributed by atoms with Crippen molar-refractivity contribution in [3.63, 3.8) is 0 Å². The van der Waals surface area contributed by atoms with Gasteiger partial charge in [0, 0.05) is 12.1 Å². The number of benzene rings is 5. The van der Waals surface area contributed by atoms with Crippen molar-refractivity contribution in [1.82, 2.24) is 0 Å². The Balaban J connectivity index is 1.32. The lowest BCUT2D eigenvalue weighted by atomic mass is 9.97. The van der Waals surface area contributed by atoms with E-state index >= 15 is 0 Å². The number of nitro benzene ring substituents is 1. The Morgan fingerprint density at radius 3 is 1.43 bits per heavy atom. The summed E-state index contributed by atoms with van der Waals surface area (Å²) in [4.78, 5) is 10.9. The lowest BCUT2D eigenvalue weighted by Gasteiger charge is -2.45. The van der Waals surface area contributed by atoms with Gasteiger partial charge in [0.05, 0.1) is 38.0 Å². The van der Waals surface area contributed by atoms with Crippen LogP contribution in [0.2, 0.25) is 0 Å². The molecule has 0 radical (unpaired) electrons. The smallest absolute Gasteiger partial charge is 0.269 e. The van der Waals surface area contributed by atoms with E-state index in [1.807, 2.05) is 121 Å². The summed E-state index contributed by atoms with van der Waals surface area (Å²) in [7, 11) is 0. The zero-order valence-electron chi connectivity index (χ0n) is 27.0. The first-order valence-electron chi connectivity index (χ1n) is 16.3. The second kappa shape index (κ2) is 17.5. The van der Waals surface area contributed by atoms with Crippen LogP contribution < -0.4 is 4.74 Å². The molecule has 0 bridgehead atoms. The molecule has 1 fully saturated rings. The quantitative estimate of drug-likeness (QED) is 0.0785. The molecule has 1 aliphatic heterocycles. The summed E-state index contributed by atoms with van der Waals surface area (Å²) in [6.45, 7) is 1.44. The fourth-order valence-electron chi connectivity index (χ4n) is 5.62. The molecule has 1 aliphatic rings. The molecule has 0 aliphatic carbocycles. The number of hydrogen-bond donors (Lipinski definition) is 0. The highest BCUT2D eigenvalue weighted by atomic mass is 16.7. The largest absolute Gasteiger partial charge is 0.462 e. The van der Waals surface area contributed by atoms with Crippen molar-refractivity contribution in [3.05, 3.63) is 178 Å². The third-order valence-corrected chi connectivity index (χ3v) is 8.14. The molecule has 5 aromatic carbocycles. The number of nitro groups is 1. The zero-order chi connectivity index (χ0) is 33.7. The van der Waals surface area contributed by atoms with Crippen molar-refractivity contribution in [3.8, 4) is 5.75 Å². The minimum Gasteiger partial charge on any atom is -0.462 e. The first kappa shape index (κ1) is 34.0. The van der Waals surface area contributed by atoms with Crippen LogP contribution in [-0.4, -0.2) is 42.2 Å². The van der Waals surface area contributed by atoms with Crippen molar-refractivity contribution in [2.24, 2.45) is 0 Å². The Labute approximate surface area is 286 Å². The first-order chi connectivity index (χ1) is 24.1. The van der Waals surface area contributed by atoms with Gasteiger partial charge in [-0.1, -0.05) is 121 Å². The van der Waals surface area contributed by atoms with Gasteiger partial charge in [-0.2, -0.15) is 0 Å². The molecule has 0 saturated carbocycles. The van der Waals surface area contributed by atoms with Crippen LogP contribution in [0.3, 0.4) is 0 Å². The van der Waals surface area contributed by atoms with Gasteiger partial charge >= 0.3 is 0 Å². The average Bonchev–Trinajstić information content (AvgIpc) is 3.15. The van der Waals surface area contributed by atoms with E-state index < -0.39 is 35.6 Å². The van der Waals surface area contributed by atoms with Gasteiger partial charge < -0.3 is 28.4 Å². The van der Waals surface area contributed by atoms with E-state index in [0.29, 0.717) is 25.6 Å². The summed E-state index contributed by atoms with van der Waals surface area (Å²) in [5, 5.41) is 11.3. The number of nitrogens with zero attached hydrogens (tertiary/aromatic N) is 1. The van der Waals surface area contributed by atoms with Gasteiger partial charge in [0.15, 0.2) is 0 Å². The monoisotopic (exact) mass is 661 g/mol. The Hall–Kier alpha value is -4.90. The van der Waals surface area contributed by atoms with Crippen LogP contribution in [0, 0.1) is 10.1 Å². The summed E-state index contributed by atoms with van der Waals surface area (Å²) in [5.74, 6) is 0.387. The van der Waals surface area contributed by atoms with Gasteiger partial charge in [0.1, 0.15) is 30.2 Å². The van der Waals surface area contributed by atoms with E-state index in [0.717, 1.165) is 22.3 Å². The Morgan fingerprint density at radius 2 is 0.959 bits per heavy atom. The molecule has 0 spiro atoms. The highest BCUT2D eigenvalue weighted by Gasteiger charge is 2.49. The third-order valence-electron chi connectivity index (χ3n) is 8.14. The maximum absolute atomic E-state index is 11.3. The number of hydrogen-bond acceptors (Lipinski definition) is 8. The van der Waals surface area contributed by atoms with Gasteiger partial charge in [-0.05, 0) is 34.4 Å². The van der Waals surface area contributed by atoms with Crippen LogP contribution in [0.5, 0.6) is 5.75 Å². The van der Waals surface area contributed by atoms with E-state index in [2.05, 4.69) is 0 Å². The van der Waals surface area contributed by atoms with E-state index in [1.54, 1.807) is 12.1 Å². The fraction of sp³-hybridized carbons (Fsp3) is 0.250. The van der Waals surface area contributed by atoms with Gasteiger partial charge in [-0.15, -0.1) is 0 Å². The third kappa shape index (κ3) is 9.82. The van der Waals surface area contributed by atoms with Crippen molar-refractivity contribution in [2.45, 2.75) is 57.1 Å². The standard InChI is InChI=1S/C40H39NO8/c42-41(43)34-21-23-35(24-22-34)48-40-39(47-28-33-19-11-4-12-20-33)38(46-27-32-17-9-3-10-18-32)37(45-26-31-15-7-2-8-16-31)36(49-40)29-44-25-30-13-5-1-6-14-30/h1-24,36-40H,25-29H2/t36-,37+,38+,39-,40+/m1/s1. The van der Waals surface area contributed by atoms with Gasteiger partial charge in [0.2, 0.25) is 6.29 Å². The second-order valence-electron chi connectivity index (χ2n) is 11.7. The van der Waals surface area contributed by atoms with Crippen LogP contribution in [0.4, 0.5) is 5.69 Å². The molecule has 9 nitrogen and oxygen atoms in total. The van der Waals surface area contributed by atoms with E-state index in [1.165, 1.54) is 12.1 Å². The molecule has 0 amide bonds.